The van der Waals surface area contributed by atoms with Gasteiger partial charge in [-0.15, -0.1) is 11.6 Å². The molecule has 9 heavy (non-hydrogen) atoms. The number of halogens is 1. The zero-order valence-corrected chi connectivity index (χ0v) is 5.52. The zero-order chi connectivity index (χ0) is 6.69. The van der Waals surface area contributed by atoms with E-state index >= 15 is 0 Å². The van der Waals surface area contributed by atoms with Crippen LogP contribution in [0.3, 0.4) is 0 Å². The molecule has 1 aromatic carbocycles. The van der Waals surface area contributed by atoms with E-state index in [9.17, 15) is 0 Å². The van der Waals surface area contributed by atoms with Crippen LogP contribution in [-0.4, -0.2) is 0 Å². The van der Waals surface area contributed by atoms with Gasteiger partial charge in [-0.25, -0.2) is 0 Å². The van der Waals surface area contributed by atoms with Crippen molar-refractivity contribution in [2.75, 3.05) is 0 Å². The van der Waals surface area contributed by atoms with Crippen LogP contribution in [0.5, 0.6) is 0 Å². The summed E-state index contributed by atoms with van der Waals surface area (Å²) in [7, 11) is 0. The van der Waals surface area contributed by atoms with E-state index in [1.165, 1.54) is 0 Å². The molecule has 0 atom stereocenters. The van der Waals surface area contributed by atoms with Gasteiger partial charge < -0.3 is 0 Å². The van der Waals surface area contributed by atoms with Gasteiger partial charge in [-0.1, -0.05) is 24.3 Å². The molecule has 44 valence electrons. The van der Waals surface area contributed by atoms with Crippen LogP contribution < -0.4 is 0 Å². The van der Waals surface area contributed by atoms with Crippen LogP contribution in [0, 0.1) is 12.8 Å². The van der Waals surface area contributed by atoms with Crippen molar-refractivity contribution in [2.45, 2.75) is 0 Å². The Labute approximate surface area is 60.5 Å². The molecule has 0 aromatic heterocycles. The minimum atomic E-state index is 0.709. The molecule has 0 bridgehead atoms. The maximum absolute atomic E-state index is 5.44. The molecule has 0 nitrogen and oxygen atoms in total. The minimum absolute atomic E-state index is 0.709. The molecule has 0 amide bonds. The van der Waals surface area contributed by atoms with Crippen molar-refractivity contribution in [3.63, 3.8) is 0 Å². The molecular weight excluding hydrogens is 132 g/mol. The molecule has 0 aliphatic carbocycles. The minimum Gasteiger partial charge on any atom is -0.109 e. The molecule has 0 fully saturated rings. The van der Waals surface area contributed by atoms with E-state index in [0.717, 1.165) is 5.56 Å². The fraction of sp³-hybridized carbons (Fsp3) is 0. The maximum atomic E-state index is 5.44. The SMILES string of the molecule is [CH]c1cccc([C]Cl)c1. The van der Waals surface area contributed by atoms with Gasteiger partial charge >= 0.3 is 0 Å². The first kappa shape index (κ1) is 6.63. The smallest absolute Gasteiger partial charge is 0.109 e. The van der Waals surface area contributed by atoms with Gasteiger partial charge in [0.15, 0.2) is 0 Å². The van der Waals surface area contributed by atoms with Crippen molar-refractivity contribution in [1.29, 1.82) is 0 Å². The highest BCUT2D eigenvalue weighted by atomic mass is 35.5. The second-order valence-corrected chi connectivity index (χ2v) is 1.91. The standard InChI is InChI=1S/C8H5Cl/c1-7-3-2-4-8(5-7)6-9/h1-5H. The first-order valence-corrected chi connectivity index (χ1v) is 2.93. The van der Waals surface area contributed by atoms with Crippen LogP contribution >= 0.6 is 11.6 Å². The Hall–Kier alpha value is -0.490. The molecular formula is C8H5Cl. The molecule has 1 aromatic rings. The molecule has 0 saturated heterocycles. The monoisotopic (exact) mass is 136 g/mol. The van der Waals surface area contributed by atoms with Crippen molar-refractivity contribution in [2.24, 2.45) is 0 Å². The Morgan fingerprint density at radius 1 is 1.44 bits per heavy atom. The Morgan fingerprint density at radius 3 is 2.67 bits per heavy atom. The molecule has 1 rings (SSSR count). The Kier molecular flexibility index (Phi) is 2.12. The number of hydrogen-bond acceptors (Lipinski definition) is 0. The van der Waals surface area contributed by atoms with Crippen LogP contribution in [0.4, 0.5) is 0 Å². The van der Waals surface area contributed by atoms with E-state index in [2.05, 4.69) is 5.88 Å². The summed E-state index contributed by atoms with van der Waals surface area (Å²) in [5.41, 5.74) is 1.53. The summed E-state index contributed by atoms with van der Waals surface area (Å²) in [5, 5.41) is 0. The molecule has 0 N–H and O–H groups in total. The van der Waals surface area contributed by atoms with Crippen molar-refractivity contribution in [3.05, 3.63) is 48.2 Å². The third kappa shape index (κ3) is 1.72. The second-order valence-electron chi connectivity index (χ2n) is 1.72. The van der Waals surface area contributed by atoms with Crippen molar-refractivity contribution in [1.82, 2.24) is 0 Å². The largest absolute Gasteiger partial charge is 0.120 e. The maximum Gasteiger partial charge on any atom is 0.120 e. The average molecular weight is 137 g/mol. The van der Waals surface area contributed by atoms with Crippen LogP contribution in [0.1, 0.15) is 11.1 Å². The second kappa shape index (κ2) is 2.88. The normalized spacial score (nSPS) is 9.56. The molecule has 1 heteroatoms. The Balaban J connectivity index is 2.94. The van der Waals surface area contributed by atoms with Crippen molar-refractivity contribution in [3.8, 4) is 0 Å². The van der Waals surface area contributed by atoms with Gasteiger partial charge in [0.2, 0.25) is 0 Å². The summed E-state index contributed by atoms with van der Waals surface area (Å²) >= 11 is 5.29. The van der Waals surface area contributed by atoms with Crippen molar-refractivity contribution < 1.29 is 0 Å². The van der Waals surface area contributed by atoms with E-state index < -0.39 is 0 Å². The predicted octanol–water partition coefficient (Wildman–Crippen LogP) is 2.37. The van der Waals surface area contributed by atoms with Gasteiger partial charge in [0.25, 0.3) is 0 Å². The lowest BCUT2D eigenvalue weighted by atomic mass is 10.2. The van der Waals surface area contributed by atoms with E-state index in [1.54, 1.807) is 12.1 Å². The molecule has 4 radical (unpaired) electrons. The Bertz CT molecular complexity index is 194. The lowest BCUT2D eigenvalue weighted by molar-refractivity contribution is 1.53. The highest BCUT2D eigenvalue weighted by Crippen LogP contribution is 2.07. The Morgan fingerprint density at radius 2 is 2.22 bits per heavy atom. The van der Waals surface area contributed by atoms with E-state index in [1.807, 2.05) is 12.1 Å². The van der Waals surface area contributed by atoms with Gasteiger partial charge in [-0.3, -0.25) is 0 Å². The highest BCUT2D eigenvalue weighted by molar-refractivity contribution is 6.25. The number of rotatable bonds is 1. The summed E-state index contributed by atoms with van der Waals surface area (Å²) in [6, 6.07) is 7.23. The van der Waals surface area contributed by atoms with Crippen LogP contribution in [0.15, 0.2) is 24.3 Å². The van der Waals surface area contributed by atoms with E-state index in [-0.39, 0.29) is 0 Å². The van der Waals surface area contributed by atoms with Crippen LogP contribution in [0.2, 0.25) is 0 Å². The van der Waals surface area contributed by atoms with Crippen molar-refractivity contribution >= 4 is 11.6 Å². The molecule has 0 aliphatic rings. The summed E-state index contributed by atoms with van der Waals surface area (Å²) in [4.78, 5) is 0. The molecule has 0 aliphatic heterocycles. The predicted molar refractivity (Wildman–Crippen MR) is 38.0 cm³/mol. The fourth-order valence-corrected chi connectivity index (χ4v) is 0.715. The van der Waals surface area contributed by atoms with Gasteiger partial charge in [0.05, 0.1) is 0 Å². The van der Waals surface area contributed by atoms with Gasteiger partial charge in [-0.2, -0.15) is 0 Å². The summed E-state index contributed by atoms with van der Waals surface area (Å²) in [5.74, 6) is 2.46. The van der Waals surface area contributed by atoms with Gasteiger partial charge in [0.1, 0.15) is 5.88 Å². The topological polar surface area (TPSA) is 0 Å². The summed E-state index contributed by atoms with van der Waals surface area (Å²) < 4.78 is 0. The van der Waals surface area contributed by atoms with Crippen LogP contribution in [-0.2, 0) is 0 Å². The molecule has 0 spiro atoms. The van der Waals surface area contributed by atoms with Gasteiger partial charge in [0, 0.05) is 0 Å². The number of benzene rings is 1. The van der Waals surface area contributed by atoms with E-state index in [4.69, 9.17) is 18.5 Å². The molecule has 0 saturated carbocycles. The van der Waals surface area contributed by atoms with E-state index in [0.29, 0.717) is 5.56 Å². The molecule has 0 unspecified atom stereocenters. The zero-order valence-electron chi connectivity index (χ0n) is 4.76. The fourth-order valence-electron chi connectivity index (χ4n) is 0.597. The van der Waals surface area contributed by atoms with Crippen LogP contribution in [0.25, 0.3) is 0 Å². The van der Waals surface area contributed by atoms with Gasteiger partial charge in [-0.05, 0) is 18.1 Å². The first-order valence-electron chi connectivity index (χ1n) is 2.55. The highest BCUT2D eigenvalue weighted by Gasteiger charge is 1.88. The molecule has 0 heterocycles. The average Bonchev–Trinajstić information content (AvgIpc) is 1.88. The third-order valence-electron chi connectivity index (χ3n) is 0.996. The quantitative estimate of drug-likeness (QED) is 0.556. The summed E-state index contributed by atoms with van der Waals surface area (Å²) in [6.07, 6.45) is 0. The summed E-state index contributed by atoms with van der Waals surface area (Å²) in [6.45, 7) is 5.44. The lowest BCUT2D eigenvalue weighted by Crippen LogP contribution is -1.75. The third-order valence-corrected chi connectivity index (χ3v) is 1.21. The number of hydrogen-bond donors (Lipinski definition) is 0. The first-order chi connectivity index (χ1) is 4.33. The lowest BCUT2D eigenvalue weighted by Gasteiger charge is -1.92.